The van der Waals surface area contributed by atoms with Gasteiger partial charge < -0.3 is 11.1 Å². The van der Waals surface area contributed by atoms with Gasteiger partial charge in [0.25, 0.3) is 5.91 Å². The van der Waals surface area contributed by atoms with Crippen molar-refractivity contribution < 1.29 is 9.18 Å². The number of nitrogens with one attached hydrogen (secondary N) is 1. The van der Waals surface area contributed by atoms with Crippen LogP contribution < -0.4 is 11.1 Å². The number of amides is 1. The Labute approximate surface area is 108 Å². The summed E-state index contributed by atoms with van der Waals surface area (Å²) in [6.07, 6.45) is 1.34. The van der Waals surface area contributed by atoms with Crippen LogP contribution >= 0.6 is 11.6 Å². The lowest BCUT2D eigenvalue weighted by atomic mass is 10.2. The van der Waals surface area contributed by atoms with Crippen molar-refractivity contribution in [2.75, 3.05) is 11.1 Å². The predicted molar refractivity (Wildman–Crippen MR) is 68.0 cm³/mol. The van der Waals surface area contributed by atoms with Crippen molar-refractivity contribution >= 4 is 29.0 Å². The number of nitrogens with zero attached hydrogens (tertiary/aromatic N) is 1. The molecule has 0 spiro atoms. The van der Waals surface area contributed by atoms with Gasteiger partial charge in [-0.2, -0.15) is 0 Å². The van der Waals surface area contributed by atoms with Crippen LogP contribution in [-0.4, -0.2) is 10.9 Å². The highest BCUT2D eigenvalue weighted by molar-refractivity contribution is 6.31. The number of hydrogen-bond donors (Lipinski definition) is 2. The SMILES string of the molecule is Nc1ccc(C(=O)Nc2cc(F)cc(Cl)c2)cn1. The number of halogens is 2. The zero-order valence-corrected chi connectivity index (χ0v) is 9.91. The Balaban J connectivity index is 2.18. The maximum atomic E-state index is 13.1. The molecule has 0 atom stereocenters. The molecule has 3 N–H and O–H groups in total. The summed E-state index contributed by atoms with van der Waals surface area (Å²) in [7, 11) is 0. The fourth-order valence-corrected chi connectivity index (χ4v) is 1.59. The molecule has 1 heterocycles. The van der Waals surface area contributed by atoms with Crippen molar-refractivity contribution in [1.82, 2.24) is 4.98 Å². The van der Waals surface area contributed by atoms with Crippen molar-refractivity contribution in [2.45, 2.75) is 0 Å². The first-order valence-electron chi connectivity index (χ1n) is 5.03. The molecule has 6 heteroatoms. The van der Waals surface area contributed by atoms with E-state index in [4.69, 9.17) is 17.3 Å². The quantitative estimate of drug-likeness (QED) is 0.877. The second-order valence-electron chi connectivity index (χ2n) is 3.58. The van der Waals surface area contributed by atoms with Crippen LogP contribution in [0.25, 0.3) is 0 Å². The molecule has 1 aromatic heterocycles. The lowest BCUT2D eigenvalue weighted by molar-refractivity contribution is 0.102. The van der Waals surface area contributed by atoms with Gasteiger partial charge in [0.15, 0.2) is 0 Å². The first-order chi connectivity index (χ1) is 8.54. The Kier molecular flexibility index (Phi) is 3.43. The van der Waals surface area contributed by atoms with E-state index in [-0.39, 0.29) is 10.7 Å². The molecule has 4 nitrogen and oxygen atoms in total. The average Bonchev–Trinajstić information content (AvgIpc) is 2.28. The fourth-order valence-electron chi connectivity index (χ4n) is 1.37. The van der Waals surface area contributed by atoms with Gasteiger partial charge in [-0.25, -0.2) is 9.37 Å². The van der Waals surface area contributed by atoms with E-state index < -0.39 is 11.7 Å². The van der Waals surface area contributed by atoms with Crippen LogP contribution in [0.1, 0.15) is 10.4 Å². The van der Waals surface area contributed by atoms with Gasteiger partial charge in [-0.05, 0) is 30.3 Å². The molecule has 0 aliphatic carbocycles. The van der Waals surface area contributed by atoms with E-state index in [1.54, 1.807) is 0 Å². The highest BCUT2D eigenvalue weighted by atomic mass is 35.5. The number of rotatable bonds is 2. The minimum atomic E-state index is -0.520. The third-order valence-corrected chi connectivity index (χ3v) is 2.39. The van der Waals surface area contributed by atoms with E-state index >= 15 is 0 Å². The van der Waals surface area contributed by atoms with Gasteiger partial charge in [0, 0.05) is 16.9 Å². The number of nitrogen functional groups attached to an aromatic ring is 1. The molecule has 0 fully saturated rings. The summed E-state index contributed by atoms with van der Waals surface area (Å²) in [6.45, 7) is 0. The first kappa shape index (κ1) is 12.3. The molecular weight excluding hydrogens is 257 g/mol. The number of carbonyl (C=O) groups is 1. The Bertz CT molecular complexity index is 566. The smallest absolute Gasteiger partial charge is 0.257 e. The summed E-state index contributed by atoms with van der Waals surface area (Å²) in [5.41, 5.74) is 6.01. The molecule has 0 radical (unpaired) electrons. The van der Waals surface area contributed by atoms with Gasteiger partial charge in [0.05, 0.1) is 5.56 Å². The molecule has 0 aliphatic heterocycles. The summed E-state index contributed by atoms with van der Waals surface area (Å²) >= 11 is 5.68. The van der Waals surface area contributed by atoms with Gasteiger partial charge in [-0.1, -0.05) is 11.6 Å². The molecule has 2 aromatic rings. The highest BCUT2D eigenvalue weighted by Crippen LogP contribution is 2.18. The molecule has 92 valence electrons. The zero-order chi connectivity index (χ0) is 13.1. The Morgan fingerprint density at radius 1 is 1.33 bits per heavy atom. The lowest BCUT2D eigenvalue weighted by Crippen LogP contribution is -2.12. The minimum absolute atomic E-state index is 0.209. The number of pyridine rings is 1. The molecular formula is C12H9ClFN3O. The monoisotopic (exact) mass is 265 g/mol. The van der Waals surface area contributed by atoms with Crippen LogP contribution in [0.15, 0.2) is 36.5 Å². The lowest BCUT2D eigenvalue weighted by Gasteiger charge is -2.05. The molecule has 0 aliphatic rings. The molecule has 0 bridgehead atoms. The van der Waals surface area contributed by atoms with Crippen molar-refractivity contribution in [3.8, 4) is 0 Å². The number of nitrogens with two attached hydrogens (primary N) is 1. The molecule has 0 unspecified atom stereocenters. The van der Waals surface area contributed by atoms with E-state index in [1.807, 2.05) is 0 Å². The van der Waals surface area contributed by atoms with Crippen LogP contribution in [0, 0.1) is 5.82 Å². The largest absolute Gasteiger partial charge is 0.384 e. The second kappa shape index (κ2) is 5.01. The van der Waals surface area contributed by atoms with Crippen molar-refractivity contribution in [3.63, 3.8) is 0 Å². The molecule has 0 saturated heterocycles. The first-order valence-corrected chi connectivity index (χ1v) is 5.41. The number of benzene rings is 1. The molecule has 2 rings (SSSR count). The maximum Gasteiger partial charge on any atom is 0.257 e. The molecule has 0 saturated carbocycles. The summed E-state index contributed by atoms with van der Waals surface area (Å²) in [5.74, 6) is -0.613. The Hall–Kier alpha value is -2.14. The van der Waals surface area contributed by atoms with E-state index in [2.05, 4.69) is 10.3 Å². The van der Waals surface area contributed by atoms with Gasteiger partial charge in [0.1, 0.15) is 11.6 Å². The van der Waals surface area contributed by atoms with E-state index in [1.165, 1.54) is 30.5 Å². The third kappa shape index (κ3) is 2.95. The van der Waals surface area contributed by atoms with E-state index in [9.17, 15) is 9.18 Å². The van der Waals surface area contributed by atoms with Crippen LogP contribution in [-0.2, 0) is 0 Å². The standard InChI is InChI=1S/C12H9ClFN3O/c13-8-3-9(14)5-10(4-8)17-12(18)7-1-2-11(15)16-6-7/h1-6H,(H2,15,16)(H,17,18). The number of carbonyl (C=O) groups excluding carboxylic acids is 1. The summed E-state index contributed by atoms with van der Waals surface area (Å²) in [4.78, 5) is 15.6. The fraction of sp³-hybridized carbons (Fsp3) is 0. The van der Waals surface area contributed by atoms with Crippen molar-refractivity contribution in [1.29, 1.82) is 0 Å². The minimum Gasteiger partial charge on any atom is -0.384 e. The number of hydrogen-bond acceptors (Lipinski definition) is 3. The molecule has 18 heavy (non-hydrogen) atoms. The number of aromatic nitrogens is 1. The predicted octanol–water partition coefficient (Wildman–Crippen LogP) is 2.71. The second-order valence-corrected chi connectivity index (χ2v) is 4.02. The van der Waals surface area contributed by atoms with Gasteiger partial charge >= 0.3 is 0 Å². The Morgan fingerprint density at radius 3 is 2.72 bits per heavy atom. The number of anilines is 2. The van der Waals surface area contributed by atoms with E-state index in [0.717, 1.165) is 6.07 Å². The maximum absolute atomic E-state index is 13.1. The zero-order valence-electron chi connectivity index (χ0n) is 9.15. The molecule has 1 aromatic carbocycles. The average molecular weight is 266 g/mol. The van der Waals surface area contributed by atoms with Gasteiger partial charge in [-0.3, -0.25) is 4.79 Å². The topological polar surface area (TPSA) is 68.0 Å². The summed E-state index contributed by atoms with van der Waals surface area (Å²) in [6, 6.07) is 6.82. The normalized spacial score (nSPS) is 10.1. The van der Waals surface area contributed by atoms with Crippen LogP contribution in [0.4, 0.5) is 15.9 Å². The van der Waals surface area contributed by atoms with Crippen molar-refractivity contribution in [3.05, 3.63) is 52.9 Å². The summed E-state index contributed by atoms with van der Waals surface area (Å²) < 4.78 is 13.1. The van der Waals surface area contributed by atoms with Gasteiger partial charge in [0.2, 0.25) is 0 Å². The van der Waals surface area contributed by atoms with Crippen LogP contribution in [0.5, 0.6) is 0 Å². The Morgan fingerprint density at radius 2 is 2.11 bits per heavy atom. The van der Waals surface area contributed by atoms with E-state index in [0.29, 0.717) is 11.4 Å². The summed E-state index contributed by atoms with van der Waals surface area (Å²) in [5, 5.41) is 2.72. The van der Waals surface area contributed by atoms with Crippen LogP contribution in [0.2, 0.25) is 5.02 Å². The van der Waals surface area contributed by atoms with Gasteiger partial charge in [-0.15, -0.1) is 0 Å². The van der Waals surface area contributed by atoms with Crippen LogP contribution in [0.3, 0.4) is 0 Å². The van der Waals surface area contributed by atoms with Crippen molar-refractivity contribution in [2.24, 2.45) is 0 Å². The highest BCUT2D eigenvalue weighted by Gasteiger charge is 2.07. The third-order valence-electron chi connectivity index (χ3n) is 2.17. The molecule has 1 amide bonds.